The maximum atomic E-state index is 11.3. The van der Waals surface area contributed by atoms with Crippen LogP contribution >= 0.6 is 0 Å². The van der Waals surface area contributed by atoms with Crippen molar-refractivity contribution < 1.29 is 4.79 Å². The Labute approximate surface area is 119 Å². The van der Waals surface area contributed by atoms with Gasteiger partial charge in [-0.1, -0.05) is 12.1 Å². The molecule has 1 aromatic heterocycles. The summed E-state index contributed by atoms with van der Waals surface area (Å²) in [6.45, 7) is 2.14. The predicted molar refractivity (Wildman–Crippen MR) is 80.5 cm³/mol. The maximum absolute atomic E-state index is 11.3. The molecule has 0 saturated carbocycles. The predicted octanol–water partition coefficient (Wildman–Crippen LogP) is 1.60. The molecule has 0 fully saturated rings. The standard InChI is InChI=1S/C15H20N4O/c1-19(2)15(20)18-9-8-16-11-12-5-6-14-13(10-12)4-3-7-17-14/h3-7,10,16H,8-9,11H2,1-2H3,(H,18,20). The molecule has 0 radical (unpaired) electrons. The molecule has 0 aliphatic carbocycles. The highest BCUT2D eigenvalue weighted by molar-refractivity contribution is 5.78. The number of benzene rings is 1. The molecular formula is C15H20N4O. The zero-order valence-corrected chi connectivity index (χ0v) is 11.9. The van der Waals surface area contributed by atoms with Crippen molar-refractivity contribution in [3.8, 4) is 0 Å². The molecule has 5 nitrogen and oxygen atoms in total. The fourth-order valence-electron chi connectivity index (χ4n) is 1.88. The van der Waals surface area contributed by atoms with Crippen LogP contribution in [0.4, 0.5) is 4.79 Å². The first-order chi connectivity index (χ1) is 9.66. The number of nitrogens with one attached hydrogen (secondary N) is 2. The van der Waals surface area contributed by atoms with E-state index in [1.165, 1.54) is 10.5 Å². The van der Waals surface area contributed by atoms with Crippen molar-refractivity contribution in [2.24, 2.45) is 0 Å². The number of urea groups is 1. The lowest BCUT2D eigenvalue weighted by atomic mass is 10.1. The van der Waals surface area contributed by atoms with Gasteiger partial charge in [0.15, 0.2) is 0 Å². The largest absolute Gasteiger partial charge is 0.337 e. The van der Waals surface area contributed by atoms with Crippen LogP contribution in [0.15, 0.2) is 36.5 Å². The average Bonchev–Trinajstić information content (AvgIpc) is 2.46. The van der Waals surface area contributed by atoms with E-state index in [0.29, 0.717) is 6.54 Å². The van der Waals surface area contributed by atoms with Crippen molar-refractivity contribution in [2.45, 2.75) is 6.54 Å². The van der Waals surface area contributed by atoms with Crippen LogP contribution in [0.3, 0.4) is 0 Å². The van der Waals surface area contributed by atoms with Crippen LogP contribution in [-0.2, 0) is 6.54 Å². The summed E-state index contributed by atoms with van der Waals surface area (Å²) < 4.78 is 0. The van der Waals surface area contributed by atoms with E-state index in [1.807, 2.05) is 12.1 Å². The number of nitrogens with zero attached hydrogens (tertiary/aromatic N) is 2. The van der Waals surface area contributed by atoms with Gasteiger partial charge in [-0.25, -0.2) is 4.79 Å². The summed E-state index contributed by atoms with van der Waals surface area (Å²) in [5, 5.41) is 7.27. The highest BCUT2D eigenvalue weighted by atomic mass is 16.2. The second-order valence-corrected chi connectivity index (χ2v) is 4.83. The Hall–Kier alpha value is -2.14. The van der Waals surface area contributed by atoms with Gasteiger partial charge in [-0.15, -0.1) is 0 Å². The first kappa shape index (κ1) is 14.3. The quantitative estimate of drug-likeness (QED) is 0.813. The summed E-state index contributed by atoms with van der Waals surface area (Å²) in [6, 6.07) is 10.2. The maximum Gasteiger partial charge on any atom is 0.316 e. The number of aromatic nitrogens is 1. The monoisotopic (exact) mass is 272 g/mol. The first-order valence-corrected chi connectivity index (χ1v) is 6.66. The van der Waals surface area contributed by atoms with E-state index in [2.05, 4.69) is 33.8 Å². The molecule has 0 bridgehead atoms. The molecule has 5 heteroatoms. The molecule has 2 aromatic rings. The molecule has 2 rings (SSSR count). The van der Waals surface area contributed by atoms with Crippen LogP contribution in [0.2, 0.25) is 0 Å². The third kappa shape index (κ3) is 3.93. The van der Waals surface area contributed by atoms with Gasteiger partial charge >= 0.3 is 6.03 Å². The van der Waals surface area contributed by atoms with Gasteiger partial charge in [0.05, 0.1) is 5.52 Å². The Morgan fingerprint density at radius 2 is 2.10 bits per heavy atom. The number of carbonyl (C=O) groups excluding carboxylic acids is 1. The van der Waals surface area contributed by atoms with Crippen LogP contribution < -0.4 is 10.6 Å². The number of hydrogen-bond donors (Lipinski definition) is 2. The molecule has 1 heterocycles. The first-order valence-electron chi connectivity index (χ1n) is 6.66. The summed E-state index contributed by atoms with van der Waals surface area (Å²) in [6.07, 6.45) is 1.80. The zero-order chi connectivity index (χ0) is 14.4. The molecule has 106 valence electrons. The summed E-state index contributed by atoms with van der Waals surface area (Å²) >= 11 is 0. The van der Waals surface area contributed by atoms with Crippen molar-refractivity contribution in [1.82, 2.24) is 20.5 Å². The second-order valence-electron chi connectivity index (χ2n) is 4.83. The van der Waals surface area contributed by atoms with Crippen LogP contribution in [0.1, 0.15) is 5.56 Å². The Kier molecular flexibility index (Phi) is 4.90. The van der Waals surface area contributed by atoms with Crippen molar-refractivity contribution in [1.29, 1.82) is 0 Å². The Morgan fingerprint density at radius 3 is 2.90 bits per heavy atom. The van der Waals surface area contributed by atoms with Gasteiger partial charge in [0.2, 0.25) is 0 Å². The lowest BCUT2D eigenvalue weighted by Crippen LogP contribution is -2.38. The molecule has 0 atom stereocenters. The zero-order valence-electron chi connectivity index (χ0n) is 11.9. The Morgan fingerprint density at radius 1 is 1.25 bits per heavy atom. The van der Waals surface area contributed by atoms with Gasteiger partial charge in [-0.3, -0.25) is 4.98 Å². The number of amides is 2. The van der Waals surface area contributed by atoms with E-state index in [4.69, 9.17) is 0 Å². The second kappa shape index (κ2) is 6.86. The average molecular weight is 272 g/mol. The fraction of sp³-hybridized carbons (Fsp3) is 0.333. The van der Waals surface area contributed by atoms with E-state index in [0.717, 1.165) is 24.0 Å². The van der Waals surface area contributed by atoms with Crippen molar-refractivity contribution in [2.75, 3.05) is 27.2 Å². The smallest absolute Gasteiger partial charge is 0.316 e. The normalized spacial score (nSPS) is 10.5. The van der Waals surface area contributed by atoms with Gasteiger partial charge in [0.25, 0.3) is 0 Å². The number of hydrogen-bond acceptors (Lipinski definition) is 3. The van der Waals surface area contributed by atoms with Crippen molar-refractivity contribution in [3.63, 3.8) is 0 Å². The summed E-state index contributed by atoms with van der Waals surface area (Å²) in [4.78, 5) is 17.1. The topological polar surface area (TPSA) is 57.3 Å². The van der Waals surface area contributed by atoms with Gasteiger partial charge < -0.3 is 15.5 Å². The fourth-order valence-corrected chi connectivity index (χ4v) is 1.88. The van der Waals surface area contributed by atoms with Crippen LogP contribution in [0, 0.1) is 0 Å². The highest BCUT2D eigenvalue weighted by Crippen LogP contribution is 2.12. The van der Waals surface area contributed by atoms with E-state index < -0.39 is 0 Å². The molecule has 0 saturated heterocycles. The molecule has 1 aromatic carbocycles. The van der Waals surface area contributed by atoms with Gasteiger partial charge in [0, 0.05) is 45.3 Å². The number of rotatable bonds is 5. The molecule has 2 amide bonds. The van der Waals surface area contributed by atoms with Gasteiger partial charge in [0.1, 0.15) is 0 Å². The van der Waals surface area contributed by atoms with Crippen molar-refractivity contribution in [3.05, 3.63) is 42.1 Å². The molecule has 0 unspecified atom stereocenters. The summed E-state index contributed by atoms with van der Waals surface area (Å²) in [7, 11) is 3.46. The SMILES string of the molecule is CN(C)C(=O)NCCNCc1ccc2ncccc2c1. The summed E-state index contributed by atoms with van der Waals surface area (Å²) in [5.74, 6) is 0. The molecule has 20 heavy (non-hydrogen) atoms. The molecule has 2 N–H and O–H groups in total. The summed E-state index contributed by atoms with van der Waals surface area (Å²) in [5.41, 5.74) is 2.22. The Bertz CT molecular complexity index is 583. The molecule has 0 aliphatic heterocycles. The number of carbonyl (C=O) groups is 1. The minimum atomic E-state index is -0.0661. The third-order valence-electron chi connectivity index (χ3n) is 2.98. The third-order valence-corrected chi connectivity index (χ3v) is 2.98. The minimum Gasteiger partial charge on any atom is -0.337 e. The Balaban J connectivity index is 1.77. The lowest BCUT2D eigenvalue weighted by molar-refractivity contribution is 0.217. The van der Waals surface area contributed by atoms with E-state index in [9.17, 15) is 4.79 Å². The van der Waals surface area contributed by atoms with Crippen molar-refractivity contribution >= 4 is 16.9 Å². The van der Waals surface area contributed by atoms with E-state index in [1.54, 1.807) is 20.3 Å². The van der Waals surface area contributed by atoms with Gasteiger partial charge in [-0.2, -0.15) is 0 Å². The highest BCUT2D eigenvalue weighted by Gasteiger charge is 2.01. The molecular weight excluding hydrogens is 252 g/mol. The lowest BCUT2D eigenvalue weighted by Gasteiger charge is -2.12. The minimum absolute atomic E-state index is 0.0661. The van der Waals surface area contributed by atoms with Gasteiger partial charge in [-0.05, 0) is 23.8 Å². The molecule has 0 aliphatic rings. The number of pyridine rings is 1. The van der Waals surface area contributed by atoms with E-state index >= 15 is 0 Å². The van der Waals surface area contributed by atoms with Crippen LogP contribution in [0.25, 0.3) is 10.9 Å². The van der Waals surface area contributed by atoms with Crippen LogP contribution in [0.5, 0.6) is 0 Å². The van der Waals surface area contributed by atoms with E-state index in [-0.39, 0.29) is 6.03 Å². The van der Waals surface area contributed by atoms with Crippen LogP contribution in [-0.4, -0.2) is 43.1 Å². The number of fused-ring (bicyclic) bond motifs is 1. The molecule has 0 spiro atoms.